The molecule has 1 aromatic rings. The number of rotatable bonds is 4. The maximum atomic E-state index is 11.4. The Hall–Kier alpha value is -1.29. The van der Waals surface area contributed by atoms with E-state index >= 15 is 0 Å². The number of carbonyl (C=O) groups is 1. The number of anilines is 1. The fourth-order valence-corrected chi connectivity index (χ4v) is 1.09. The molecular weight excluding hydrogens is 228 g/mol. The molecule has 1 atom stereocenters. The van der Waals surface area contributed by atoms with Crippen LogP contribution in [0.3, 0.4) is 0 Å². The quantitative estimate of drug-likeness (QED) is 0.825. The molecule has 1 amide bonds. The van der Waals surface area contributed by atoms with E-state index in [0.717, 1.165) is 0 Å². The summed E-state index contributed by atoms with van der Waals surface area (Å²) in [5, 5.41) is 2.07. The summed E-state index contributed by atoms with van der Waals surface area (Å²) >= 11 is 5.66. The fourth-order valence-electron chi connectivity index (χ4n) is 1.04. The minimum absolute atomic E-state index is 0.000947. The zero-order valence-corrected chi connectivity index (χ0v) is 10.3. The Morgan fingerprint density at radius 2 is 2.19 bits per heavy atom. The number of alkyl halides is 1. The SMILES string of the molecule is CC(C)Oc1ncccc1NC(=O)C(C)Cl. The Kier molecular flexibility index (Phi) is 4.55. The monoisotopic (exact) mass is 242 g/mol. The first-order valence-electron chi connectivity index (χ1n) is 5.07. The number of nitrogens with zero attached hydrogens (tertiary/aromatic N) is 1. The molecule has 0 aliphatic heterocycles. The largest absolute Gasteiger partial charge is 0.473 e. The van der Waals surface area contributed by atoms with E-state index < -0.39 is 5.38 Å². The summed E-state index contributed by atoms with van der Waals surface area (Å²) in [6.45, 7) is 5.39. The number of pyridine rings is 1. The highest BCUT2D eigenvalue weighted by atomic mass is 35.5. The van der Waals surface area contributed by atoms with Crippen molar-refractivity contribution in [2.45, 2.75) is 32.3 Å². The van der Waals surface area contributed by atoms with Crippen molar-refractivity contribution >= 4 is 23.2 Å². The van der Waals surface area contributed by atoms with E-state index in [0.29, 0.717) is 11.6 Å². The van der Waals surface area contributed by atoms with Crippen LogP contribution in [0.4, 0.5) is 5.69 Å². The zero-order valence-electron chi connectivity index (χ0n) is 9.53. The first-order valence-corrected chi connectivity index (χ1v) is 5.51. The second kappa shape index (κ2) is 5.70. The predicted molar refractivity (Wildman–Crippen MR) is 63.9 cm³/mol. The molecule has 1 unspecified atom stereocenters. The third-order valence-corrected chi connectivity index (χ3v) is 1.94. The first kappa shape index (κ1) is 12.8. The summed E-state index contributed by atoms with van der Waals surface area (Å²) in [5.41, 5.74) is 0.536. The number of hydrogen-bond acceptors (Lipinski definition) is 3. The molecule has 0 radical (unpaired) electrons. The van der Waals surface area contributed by atoms with Crippen molar-refractivity contribution in [2.75, 3.05) is 5.32 Å². The van der Waals surface area contributed by atoms with Gasteiger partial charge in [0.25, 0.3) is 0 Å². The lowest BCUT2D eigenvalue weighted by atomic mass is 10.3. The number of amides is 1. The molecule has 1 aromatic heterocycles. The molecule has 1 heterocycles. The molecule has 0 spiro atoms. The van der Waals surface area contributed by atoms with Gasteiger partial charge in [0.15, 0.2) is 0 Å². The second-order valence-electron chi connectivity index (χ2n) is 3.63. The Balaban J connectivity index is 2.82. The Morgan fingerprint density at radius 1 is 1.50 bits per heavy atom. The topological polar surface area (TPSA) is 51.2 Å². The summed E-state index contributed by atoms with van der Waals surface area (Å²) < 4.78 is 5.46. The number of ether oxygens (including phenoxy) is 1. The summed E-state index contributed by atoms with van der Waals surface area (Å²) in [6, 6.07) is 3.45. The van der Waals surface area contributed by atoms with Crippen LogP contribution in [-0.2, 0) is 4.79 Å². The lowest BCUT2D eigenvalue weighted by molar-refractivity contribution is -0.115. The highest BCUT2D eigenvalue weighted by Gasteiger charge is 2.13. The molecule has 0 aromatic carbocycles. The van der Waals surface area contributed by atoms with Gasteiger partial charge in [-0.1, -0.05) is 0 Å². The number of carbonyl (C=O) groups excluding carboxylic acids is 1. The Morgan fingerprint density at radius 3 is 2.75 bits per heavy atom. The van der Waals surface area contributed by atoms with Crippen molar-refractivity contribution in [3.05, 3.63) is 18.3 Å². The van der Waals surface area contributed by atoms with E-state index in [1.54, 1.807) is 25.3 Å². The van der Waals surface area contributed by atoms with Crippen LogP contribution in [-0.4, -0.2) is 22.4 Å². The van der Waals surface area contributed by atoms with E-state index in [2.05, 4.69) is 10.3 Å². The van der Waals surface area contributed by atoms with E-state index in [9.17, 15) is 4.79 Å². The molecule has 0 aliphatic rings. The molecule has 4 nitrogen and oxygen atoms in total. The van der Waals surface area contributed by atoms with Gasteiger partial charge in [-0.2, -0.15) is 0 Å². The molecule has 1 N–H and O–H groups in total. The van der Waals surface area contributed by atoms with Crippen molar-refractivity contribution in [1.29, 1.82) is 0 Å². The molecule has 0 saturated heterocycles. The number of hydrogen-bond donors (Lipinski definition) is 1. The van der Waals surface area contributed by atoms with Crippen LogP contribution in [0.5, 0.6) is 5.88 Å². The van der Waals surface area contributed by atoms with E-state index in [1.807, 2.05) is 13.8 Å². The Bertz CT molecular complexity index is 367. The van der Waals surface area contributed by atoms with Crippen molar-refractivity contribution in [2.24, 2.45) is 0 Å². The van der Waals surface area contributed by atoms with Crippen LogP contribution < -0.4 is 10.1 Å². The van der Waals surface area contributed by atoms with Gasteiger partial charge in [0.1, 0.15) is 11.1 Å². The zero-order chi connectivity index (χ0) is 12.1. The molecular formula is C11H15ClN2O2. The predicted octanol–water partition coefficient (Wildman–Crippen LogP) is 2.43. The van der Waals surface area contributed by atoms with Crippen LogP contribution in [0, 0.1) is 0 Å². The number of aromatic nitrogens is 1. The lowest BCUT2D eigenvalue weighted by Crippen LogP contribution is -2.21. The molecule has 88 valence electrons. The minimum atomic E-state index is -0.591. The molecule has 0 bridgehead atoms. The van der Waals surface area contributed by atoms with Gasteiger partial charge in [-0.25, -0.2) is 4.98 Å². The van der Waals surface area contributed by atoms with E-state index in [1.165, 1.54) is 0 Å². The smallest absolute Gasteiger partial charge is 0.242 e. The van der Waals surface area contributed by atoms with E-state index in [-0.39, 0.29) is 12.0 Å². The van der Waals surface area contributed by atoms with Crippen molar-refractivity contribution < 1.29 is 9.53 Å². The maximum absolute atomic E-state index is 11.4. The number of nitrogens with one attached hydrogen (secondary N) is 1. The number of halogens is 1. The average Bonchev–Trinajstić information content (AvgIpc) is 2.20. The van der Waals surface area contributed by atoms with Crippen LogP contribution >= 0.6 is 11.6 Å². The summed E-state index contributed by atoms with van der Waals surface area (Å²) in [6.07, 6.45) is 1.61. The van der Waals surface area contributed by atoms with Gasteiger partial charge < -0.3 is 10.1 Å². The van der Waals surface area contributed by atoms with Gasteiger partial charge in [0, 0.05) is 6.20 Å². The minimum Gasteiger partial charge on any atom is -0.473 e. The third kappa shape index (κ3) is 3.70. The summed E-state index contributed by atoms with van der Waals surface area (Å²) in [5.74, 6) is 0.131. The van der Waals surface area contributed by atoms with Gasteiger partial charge in [0.05, 0.1) is 6.10 Å². The molecule has 1 rings (SSSR count). The third-order valence-electron chi connectivity index (χ3n) is 1.74. The average molecular weight is 243 g/mol. The molecule has 5 heteroatoms. The van der Waals surface area contributed by atoms with Crippen LogP contribution in [0.25, 0.3) is 0 Å². The fraction of sp³-hybridized carbons (Fsp3) is 0.455. The standard InChI is InChI=1S/C11H15ClN2O2/c1-7(2)16-11-9(5-4-6-13-11)14-10(15)8(3)12/h4-8H,1-3H3,(H,14,15). The van der Waals surface area contributed by atoms with Crippen LogP contribution in [0.15, 0.2) is 18.3 Å². The maximum Gasteiger partial charge on any atom is 0.242 e. The van der Waals surface area contributed by atoms with Gasteiger partial charge in [0.2, 0.25) is 11.8 Å². The van der Waals surface area contributed by atoms with Crippen molar-refractivity contribution in [1.82, 2.24) is 4.98 Å². The van der Waals surface area contributed by atoms with Gasteiger partial charge >= 0.3 is 0 Å². The van der Waals surface area contributed by atoms with Crippen molar-refractivity contribution in [3.8, 4) is 5.88 Å². The van der Waals surface area contributed by atoms with Crippen molar-refractivity contribution in [3.63, 3.8) is 0 Å². The normalized spacial score (nSPS) is 12.3. The van der Waals surface area contributed by atoms with Gasteiger partial charge in [-0.05, 0) is 32.9 Å². The van der Waals surface area contributed by atoms with E-state index in [4.69, 9.17) is 16.3 Å². The molecule has 0 aliphatic carbocycles. The van der Waals surface area contributed by atoms with Gasteiger partial charge in [-0.15, -0.1) is 11.6 Å². The molecule has 16 heavy (non-hydrogen) atoms. The lowest BCUT2D eigenvalue weighted by Gasteiger charge is -2.13. The second-order valence-corrected chi connectivity index (χ2v) is 4.28. The van der Waals surface area contributed by atoms with Crippen LogP contribution in [0.2, 0.25) is 0 Å². The highest BCUT2D eigenvalue weighted by Crippen LogP contribution is 2.22. The van der Waals surface area contributed by atoms with Gasteiger partial charge in [-0.3, -0.25) is 4.79 Å². The highest BCUT2D eigenvalue weighted by molar-refractivity contribution is 6.32. The summed E-state index contributed by atoms with van der Waals surface area (Å²) in [7, 11) is 0. The van der Waals surface area contributed by atoms with Crippen LogP contribution in [0.1, 0.15) is 20.8 Å². The summed E-state index contributed by atoms with van der Waals surface area (Å²) in [4.78, 5) is 15.5. The first-order chi connectivity index (χ1) is 7.50. The molecule has 0 fully saturated rings. The molecule has 0 saturated carbocycles. The Labute approximate surface area is 100.0 Å².